The molecular formula is H8Ge4W. The predicted molar refractivity (Wildman–Crippen MR) is 34.2 cm³/mol. The third-order valence-corrected chi connectivity index (χ3v) is 0. The molecule has 0 fully saturated rings. The maximum Gasteiger partial charge on any atom is 0 e. The molecule has 0 N–H and O–H groups in total. The second-order valence-corrected chi connectivity index (χ2v) is 0. The zero-order chi connectivity index (χ0) is 0. The van der Waals surface area contributed by atoms with E-state index in [2.05, 4.69) is 0 Å². The van der Waals surface area contributed by atoms with E-state index in [4.69, 9.17) is 0 Å². The van der Waals surface area contributed by atoms with Crippen molar-refractivity contribution < 1.29 is 21.1 Å². The summed E-state index contributed by atoms with van der Waals surface area (Å²) in [6, 6.07) is 0. The standard InChI is InChI=1S/4GeH2.W/h4*1H2;. The summed E-state index contributed by atoms with van der Waals surface area (Å²) in [6.45, 7) is 0. The SMILES string of the molecule is [GeH2].[GeH2].[GeH2].[GeH2].[W]. The molecule has 0 amide bonds. The van der Waals surface area contributed by atoms with E-state index in [0.29, 0.717) is 0 Å². The van der Waals surface area contributed by atoms with Gasteiger partial charge in [0, 0.05) is 21.1 Å². The van der Waals surface area contributed by atoms with Crippen LogP contribution < -0.4 is 0 Å². The summed E-state index contributed by atoms with van der Waals surface area (Å²) >= 11 is 0. The average Bonchev–Trinajstić information content (AvgIpc) is 0. The summed E-state index contributed by atoms with van der Waals surface area (Å²) < 4.78 is 0. The first-order valence-electron chi connectivity index (χ1n) is 0. The van der Waals surface area contributed by atoms with Gasteiger partial charge in [0.25, 0.3) is 0 Å². The van der Waals surface area contributed by atoms with Crippen molar-refractivity contribution in [2.24, 2.45) is 0 Å². The smallest absolute Gasteiger partial charge is 0 e. The Morgan fingerprint density at radius 2 is 0.400 bits per heavy atom. The van der Waals surface area contributed by atoms with Crippen LogP contribution in [0.5, 0.6) is 0 Å². The summed E-state index contributed by atoms with van der Waals surface area (Å²) in [4.78, 5) is 0. The third kappa shape index (κ3) is 19.8. The molecule has 0 aliphatic carbocycles. The zero-order valence-electron chi connectivity index (χ0n) is 3.24. The predicted octanol–water partition coefficient (Wildman–Crippen LogP) is -3.67. The van der Waals surface area contributed by atoms with Gasteiger partial charge in [0.05, 0.1) is 0 Å². The van der Waals surface area contributed by atoms with Crippen LogP contribution >= 0.6 is 0 Å². The molecule has 0 spiro atoms. The van der Waals surface area contributed by atoms with Gasteiger partial charge in [-0.3, -0.25) is 0 Å². The summed E-state index contributed by atoms with van der Waals surface area (Å²) in [5, 5.41) is 0. The Balaban J connectivity index is 0. The van der Waals surface area contributed by atoms with Crippen LogP contribution in [0.15, 0.2) is 0 Å². The normalized spacial score (nSPS) is 0. The zero-order valence-corrected chi connectivity index (χ0v) is 18.0. The fourth-order valence-electron chi connectivity index (χ4n) is 0. The maximum absolute atomic E-state index is 0. The minimum absolute atomic E-state index is 0. The van der Waals surface area contributed by atoms with Crippen molar-refractivity contribution in [3.05, 3.63) is 0 Å². The molecule has 30 valence electrons. The Kier molecular flexibility index (Phi) is 261. The molecule has 0 aromatic heterocycles. The van der Waals surface area contributed by atoms with E-state index in [1.807, 2.05) is 0 Å². The quantitative estimate of drug-likeness (QED) is 0.313. The number of hydrogen-bond donors (Lipinski definition) is 0. The minimum Gasteiger partial charge on any atom is 0 e. The van der Waals surface area contributed by atoms with Gasteiger partial charge in [-0.05, 0) is 0 Å². The van der Waals surface area contributed by atoms with Crippen LogP contribution in [0.2, 0.25) is 0 Å². The van der Waals surface area contributed by atoms with Gasteiger partial charge in [-0.25, -0.2) is 0 Å². The molecule has 5 heavy (non-hydrogen) atoms. The van der Waals surface area contributed by atoms with Crippen molar-refractivity contribution in [3.63, 3.8) is 0 Å². The maximum atomic E-state index is 0. The first-order valence-corrected chi connectivity index (χ1v) is 0. The van der Waals surface area contributed by atoms with E-state index in [-0.39, 0.29) is 91.5 Å². The summed E-state index contributed by atoms with van der Waals surface area (Å²) in [6.07, 6.45) is 0. The monoisotopic (exact) mass is 488 g/mol. The van der Waals surface area contributed by atoms with Crippen LogP contribution in [0.3, 0.4) is 0 Å². The molecule has 5 heteroatoms. The van der Waals surface area contributed by atoms with Gasteiger partial charge >= 0.3 is 70.4 Å². The molecule has 0 saturated heterocycles. The van der Waals surface area contributed by atoms with Crippen LogP contribution in [-0.4, -0.2) is 70.4 Å². The van der Waals surface area contributed by atoms with Gasteiger partial charge in [0.1, 0.15) is 0 Å². The second-order valence-electron chi connectivity index (χ2n) is 0. The van der Waals surface area contributed by atoms with Gasteiger partial charge in [-0.1, -0.05) is 0 Å². The Hall–Kier alpha value is 2.86. The second kappa shape index (κ2) is 28.8. The average molecular weight is 482 g/mol. The third-order valence-electron chi connectivity index (χ3n) is 0. The van der Waals surface area contributed by atoms with E-state index < -0.39 is 0 Å². The summed E-state index contributed by atoms with van der Waals surface area (Å²) in [5.41, 5.74) is 0. The van der Waals surface area contributed by atoms with E-state index in [1.165, 1.54) is 0 Å². The molecule has 0 aromatic rings. The molecule has 0 nitrogen and oxygen atoms in total. The Bertz CT molecular complexity index is 3.61. The van der Waals surface area contributed by atoms with Crippen LogP contribution in [0.25, 0.3) is 0 Å². The molecule has 0 rings (SSSR count). The first-order chi connectivity index (χ1) is 0. The van der Waals surface area contributed by atoms with Crippen LogP contribution in [-0.2, 0) is 21.1 Å². The van der Waals surface area contributed by atoms with E-state index in [0.717, 1.165) is 0 Å². The van der Waals surface area contributed by atoms with E-state index >= 15 is 0 Å². The van der Waals surface area contributed by atoms with Crippen molar-refractivity contribution in [2.45, 2.75) is 0 Å². The molecule has 0 atom stereocenters. The molecule has 0 unspecified atom stereocenters. The molecule has 0 aromatic carbocycles. The summed E-state index contributed by atoms with van der Waals surface area (Å²) in [5.74, 6) is 0. The molecule has 0 heterocycles. The molecule has 0 saturated carbocycles. The van der Waals surface area contributed by atoms with Crippen molar-refractivity contribution in [3.8, 4) is 0 Å². The van der Waals surface area contributed by atoms with Crippen molar-refractivity contribution in [1.82, 2.24) is 0 Å². The molecule has 0 bridgehead atoms. The van der Waals surface area contributed by atoms with Crippen LogP contribution in [0.4, 0.5) is 0 Å². The largest absolute Gasteiger partial charge is 0 e. The van der Waals surface area contributed by atoms with Gasteiger partial charge in [-0.2, -0.15) is 0 Å². The van der Waals surface area contributed by atoms with E-state index in [1.54, 1.807) is 0 Å². The Morgan fingerprint density at radius 1 is 0.400 bits per heavy atom. The van der Waals surface area contributed by atoms with Crippen LogP contribution in [0, 0.1) is 0 Å². The number of hydrogen-bond acceptors (Lipinski definition) is 0. The van der Waals surface area contributed by atoms with Crippen molar-refractivity contribution >= 4 is 70.4 Å². The minimum atomic E-state index is 0. The van der Waals surface area contributed by atoms with E-state index in [9.17, 15) is 0 Å². The number of rotatable bonds is 0. The van der Waals surface area contributed by atoms with Gasteiger partial charge in [0.15, 0.2) is 0 Å². The van der Waals surface area contributed by atoms with Crippen molar-refractivity contribution in [1.29, 1.82) is 0 Å². The van der Waals surface area contributed by atoms with Gasteiger partial charge in [-0.15, -0.1) is 0 Å². The summed E-state index contributed by atoms with van der Waals surface area (Å²) in [7, 11) is 0. The van der Waals surface area contributed by atoms with Crippen molar-refractivity contribution in [2.75, 3.05) is 0 Å². The first kappa shape index (κ1) is 45.2. The fraction of sp³-hybridized carbons (Fsp3) is 0. The fourth-order valence-corrected chi connectivity index (χ4v) is 0. The molecule has 0 aliphatic rings. The van der Waals surface area contributed by atoms with Gasteiger partial charge in [0.2, 0.25) is 0 Å². The Labute approximate surface area is 90.1 Å². The molecular weight excluding hydrogens is 474 g/mol. The topological polar surface area (TPSA) is 0 Å². The molecule has 8 radical (unpaired) electrons. The molecule has 0 aliphatic heterocycles. The van der Waals surface area contributed by atoms with Gasteiger partial charge < -0.3 is 0 Å². The van der Waals surface area contributed by atoms with Crippen LogP contribution in [0.1, 0.15) is 0 Å². The Morgan fingerprint density at radius 3 is 0.400 bits per heavy atom.